The monoisotopic (exact) mass is 218 g/mol. The topological polar surface area (TPSA) is 72.4 Å². The van der Waals surface area contributed by atoms with Crippen LogP contribution in [0.25, 0.3) is 5.52 Å². The highest BCUT2D eigenvalue weighted by Crippen LogP contribution is 2.16. The molecule has 84 valence electrons. The van der Waals surface area contributed by atoms with Crippen molar-refractivity contribution in [2.24, 2.45) is 5.84 Å². The van der Waals surface area contributed by atoms with Crippen molar-refractivity contribution in [3.8, 4) is 0 Å². The quantitative estimate of drug-likeness (QED) is 0.450. The maximum atomic E-state index is 11.5. The average molecular weight is 218 g/mol. The molecule has 0 saturated heterocycles. The maximum absolute atomic E-state index is 11.5. The van der Waals surface area contributed by atoms with Gasteiger partial charge < -0.3 is 0 Å². The Labute approximate surface area is 93.2 Å². The Morgan fingerprint density at radius 1 is 1.50 bits per heavy atom. The molecular weight excluding hydrogens is 204 g/mol. The largest absolute Gasteiger partial charge is 0.289 e. The van der Waals surface area contributed by atoms with Gasteiger partial charge in [0.25, 0.3) is 5.91 Å². The molecule has 5 nitrogen and oxygen atoms in total. The van der Waals surface area contributed by atoms with E-state index in [4.69, 9.17) is 5.84 Å². The number of carbonyl (C=O) groups excluding carboxylic acids is 1. The minimum atomic E-state index is -0.344. The van der Waals surface area contributed by atoms with Crippen molar-refractivity contribution < 1.29 is 4.79 Å². The van der Waals surface area contributed by atoms with Crippen LogP contribution in [0.15, 0.2) is 24.3 Å². The molecule has 16 heavy (non-hydrogen) atoms. The fourth-order valence-electron chi connectivity index (χ4n) is 1.56. The zero-order valence-electron chi connectivity index (χ0n) is 9.27. The third kappa shape index (κ3) is 1.65. The molecule has 0 atom stereocenters. The first-order chi connectivity index (χ1) is 7.63. The van der Waals surface area contributed by atoms with Crippen molar-refractivity contribution in [3.63, 3.8) is 0 Å². The molecule has 0 aromatic carbocycles. The van der Waals surface area contributed by atoms with Crippen LogP contribution < -0.4 is 11.3 Å². The van der Waals surface area contributed by atoms with Gasteiger partial charge in [0.1, 0.15) is 5.69 Å². The summed E-state index contributed by atoms with van der Waals surface area (Å²) < 4.78 is 1.61. The fraction of sp³-hybridized carbons (Fsp3) is 0.273. The number of nitrogen functional groups attached to an aromatic ring is 1. The maximum Gasteiger partial charge on any atom is 0.283 e. The number of nitrogens with two attached hydrogens (primary N) is 1. The highest BCUT2D eigenvalue weighted by Gasteiger charge is 2.12. The second-order valence-corrected chi connectivity index (χ2v) is 3.95. The SMILES string of the molecule is CC(C)c1cc2cccc(C(=O)NN)n2n1. The molecular formula is C11H14N4O. The number of nitrogens with one attached hydrogen (secondary N) is 1. The van der Waals surface area contributed by atoms with Crippen molar-refractivity contribution in [2.75, 3.05) is 0 Å². The number of amides is 1. The van der Waals surface area contributed by atoms with Crippen LogP contribution in [0.5, 0.6) is 0 Å². The summed E-state index contributed by atoms with van der Waals surface area (Å²) in [5, 5.41) is 4.38. The molecule has 2 aromatic rings. The third-order valence-corrected chi connectivity index (χ3v) is 2.46. The van der Waals surface area contributed by atoms with Crippen LogP contribution in [0.4, 0.5) is 0 Å². The first kappa shape index (κ1) is 10.6. The van der Waals surface area contributed by atoms with Gasteiger partial charge in [0.15, 0.2) is 0 Å². The number of rotatable bonds is 2. The number of pyridine rings is 1. The van der Waals surface area contributed by atoms with Crippen LogP contribution in [-0.2, 0) is 0 Å². The van der Waals surface area contributed by atoms with Gasteiger partial charge in [-0.05, 0) is 24.1 Å². The van der Waals surface area contributed by atoms with Crippen LogP contribution in [0.3, 0.4) is 0 Å². The van der Waals surface area contributed by atoms with Gasteiger partial charge in [-0.25, -0.2) is 10.4 Å². The summed E-state index contributed by atoms with van der Waals surface area (Å²) in [6, 6.07) is 7.38. The summed E-state index contributed by atoms with van der Waals surface area (Å²) in [7, 11) is 0. The highest BCUT2D eigenvalue weighted by molar-refractivity contribution is 5.92. The Balaban J connectivity index is 2.63. The Kier molecular flexibility index (Phi) is 2.62. The van der Waals surface area contributed by atoms with Crippen molar-refractivity contribution in [3.05, 3.63) is 35.7 Å². The number of nitrogens with zero attached hydrogens (tertiary/aromatic N) is 2. The summed E-state index contributed by atoms with van der Waals surface area (Å²) in [6.45, 7) is 4.12. The summed E-state index contributed by atoms with van der Waals surface area (Å²) in [4.78, 5) is 11.5. The number of fused-ring (bicyclic) bond motifs is 1. The lowest BCUT2D eigenvalue weighted by Gasteiger charge is -2.02. The van der Waals surface area contributed by atoms with E-state index in [1.807, 2.05) is 18.2 Å². The molecule has 5 heteroatoms. The molecule has 0 aliphatic rings. The lowest BCUT2D eigenvalue weighted by atomic mass is 10.1. The van der Waals surface area contributed by atoms with Crippen molar-refractivity contribution in [1.29, 1.82) is 0 Å². The first-order valence-electron chi connectivity index (χ1n) is 5.13. The van der Waals surface area contributed by atoms with Gasteiger partial charge in [-0.1, -0.05) is 19.9 Å². The predicted octanol–water partition coefficient (Wildman–Crippen LogP) is 1.06. The summed E-state index contributed by atoms with van der Waals surface area (Å²) in [5.41, 5.74) is 4.40. The Morgan fingerprint density at radius 3 is 2.88 bits per heavy atom. The van der Waals surface area contributed by atoms with Gasteiger partial charge >= 0.3 is 0 Å². The van der Waals surface area contributed by atoms with E-state index in [-0.39, 0.29) is 5.91 Å². The minimum absolute atomic E-state index is 0.327. The number of hydrazine groups is 1. The van der Waals surface area contributed by atoms with E-state index in [2.05, 4.69) is 24.4 Å². The van der Waals surface area contributed by atoms with Gasteiger partial charge in [-0.2, -0.15) is 5.10 Å². The summed E-state index contributed by atoms with van der Waals surface area (Å²) >= 11 is 0. The lowest BCUT2D eigenvalue weighted by Crippen LogP contribution is -2.31. The molecule has 0 spiro atoms. The first-order valence-corrected chi connectivity index (χ1v) is 5.13. The second kappa shape index (κ2) is 3.94. The van der Waals surface area contributed by atoms with Crippen molar-refractivity contribution in [1.82, 2.24) is 15.0 Å². The Bertz CT molecular complexity index is 530. The minimum Gasteiger partial charge on any atom is -0.289 e. The molecule has 0 aliphatic heterocycles. The zero-order chi connectivity index (χ0) is 11.7. The van der Waals surface area contributed by atoms with E-state index >= 15 is 0 Å². The van der Waals surface area contributed by atoms with E-state index in [9.17, 15) is 4.79 Å². The molecule has 2 heterocycles. The molecule has 1 amide bonds. The van der Waals surface area contributed by atoms with E-state index in [0.29, 0.717) is 11.6 Å². The second-order valence-electron chi connectivity index (χ2n) is 3.95. The Hall–Kier alpha value is -1.88. The van der Waals surface area contributed by atoms with E-state index < -0.39 is 0 Å². The van der Waals surface area contributed by atoms with Gasteiger partial charge in [0.2, 0.25) is 0 Å². The molecule has 0 aliphatic carbocycles. The van der Waals surface area contributed by atoms with E-state index in [1.165, 1.54) is 0 Å². The number of hydrogen-bond donors (Lipinski definition) is 2. The number of hydrogen-bond acceptors (Lipinski definition) is 3. The molecule has 0 unspecified atom stereocenters. The Morgan fingerprint density at radius 2 is 2.25 bits per heavy atom. The molecule has 0 fully saturated rings. The normalized spacial score (nSPS) is 11.0. The molecule has 2 aromatic heterocycles. The van der Waals surface area contributed by atoms with Crippen LogP contribution >= 0.6 is 0 Å². The third-order valence-electron chi connectivity index (χ3n) is 2.46. The average Bonchev–Trinajstić information content (AvgIpc) is 2.71. The van der Waals surface area contributed by atoms with Crippen molar-refractivity contribution >= 4 is 11.4 Å². The standard InChI is InChI=1S/C11H14N4O/c1-7(2)9-6-8-4-3-5-10(11(16)13-12)15(8)14-9/h3-7H,12H2,1-2H3,(H,13,16). The number of aromatic nitrogens is 2. The van der Waals surface area contributed by atoms with Gasteiger partial charge in [0.05, 0.1) is 11.2 Å². The summed E-state index contributed by atoms with van der Waals surface area (Å²) in [5.74, 6) is 5.11. The van der Waals surface area contributed by atoms with Crippen LogP contribution in [0.2, 0.25) is 0 Å². The molecule has 0 radical (unpaired) electrons. The number of carbonyl (C=O) groups is 1. The van der Waals surface area contributed by atoms with Crippen LogP contribution in [-0.4, -0.2) is 15.5 Å². The fourth-order valence-corrected chi connectivity index (χ4v) is 1.56. The van der Waals surface area contributed by atoms with Gasteiger partial charge in [0, 0.05) is 0 Å². The highest BCUT2D eigenvalue weighted by atomic mass is 16.2. The smallest absolute Gasteiger partial charge is 0.283 e. The van der Waals surface area contributed by atoms with Crippen LogP contribution in [0.1, 0.15) is 35.9 Å². The molecule has 3 N–H and O–H groups in total. The van der Waals surface area contributed by atoms with Gasteiger partial charge in [-0.3, -0.25) is 10.2 Å². The predicted molar refractivity (Wildman–Crippen MR) is 60.9 cm³/mol. The van der Waals surface area contributed by atoms with Crippen molar-refractivity contribution in [2.45, 2.75) is 19.8 Å². The van der Waals surface area contributed by atoms with E-state index in [1.54, 1.807) is 10.6 Å². The van der Waals surface area contributed by atoms with E-state index in [0.717, 1.165) is 11.2 Å². The zero-order valence-corrected chi connectivity index (χ0v) is 9.27. The summed E-state index contributed by atoms with van der Waals surface area (Å²) in [6.07, 6.45) is 0. The van der Waals surface area contributed by atoms with Crippen LogP contribution in [0, 0.1) is 0 Å². The molecule has 0 saturated carbocycles. The molecule has 2 rings (SSSR count). The lowest BCUT2D eigenvalue weighted by molar-refractivity contribution is 0.0946. The molecule has 0 bridgehead atoms. The van der Waals surface area contributed by atoms with Gasteiger partial charge in [-0.15, -0.1) is 0 Å².